The second-order valence-corrected chi connectivity index (χ2v) is 10.6. The number of rotatable bonds is 10. The second-order valence-electron chi connectivity index (χ2n) is 10.6. The van der Waals surface area contributed by atoms with Crippen molar-refractivity contribution in [2.24, 2.45) is 11.3 Å². The predicted molar refractivity (Wildman–Crippen MR) is 136 cm³/mol. The van der Waals surface area contributed by atoms with Crippen molar-refractivity contribution in [3.05, 3.63) is 71.5 Å². The number of piperazine rings is 1. The number of benzene rings is 1. The first-order valence-electron chi connectivity index (χ1n) is 12.8. The Morgan fingerprint density at radius 3 is 2.54 bits per heavy atom. The third kappa shape index (κ3) is 5.63. The van der Waals surface area contributed by atoms with E-state index in [1.165, 1.54) is 5.69 Å². The molecule has 1 aromatic carbocycles. The van der Waals surface area contributed by atoms with Crippen molar-refractivity contribution < 1.29 is 13.7 Å². The fourth-order valence-corrected chi connectivity index (χ4v) is 5.47. The molecule has 2 atom stereocenters. The fourth-order valence-electron chi connectivity index (χ4n) is 5.47. The minimum atomic E-state index is 0.203. The van der Waals surface area contributed by atoms with E-state index in [9.17, 15) is 0 Å². The van der Waals surface area contributed by atoms with Crippen LogP contribution in [0.3, 0.4) is 0 Å². The predicted octanol–water partition coefficient (Wildman–Crippen LogP) is 4.48. The number of hydrogen-bond acceptors (Lipinski definition) is 7. The average molecular weight is 479 g/mol. The van der Waals surface area contributed by atoms with E-state index in [2.05, 4.69) is 70.5 Å². The van der Waals surface area contributed by atoms with Gasteiger partial charge in [-0.05, 0) is 48.4 Å². The van der Waals surface area contributed by atoms with E-state index in [1.54, 1.807) is 7.11 Å². The SMILES string of the molecule is COCc1ccc(CN[C@H]2C[C@@H](Cc3cc(CN4CCN(c5ccccc5)CC4)on3)C2(C)C)o1. The quantitative estimate of drug-likeness (QED) is 0.461. The van der Waals surface area contributed by atoms with Crippen LogP contribution in [0.4, 0.5) is 5.69 Å². The highest BCUT2D eigenvalue weighted by molar-refractivity contribution is 5.46. The number of methoxy groups -OCH3 is 1. The maximum Gasteiger partial charge on any atom is 0.150 e. The topological polar surface area (TPSA) is 66.9 Å². The second kappa shape index (κ2) is 10.6. The first kappa shape index (κ1) is 24.1. The van der Waals surface area contributed by atoms with Gasteiger partial charge in [0.15, 0.2) is 5.76 Å². The molecular weight excluding hydrogens is 440 g/mol. The number of nitrogens with one attached hydrogen (secondary N) is 1. The third-order valence-corrected chi connectivity index (χ3v) is 7.93. The number of anilines is 1. The molecule has 0 amide bonds. The maximum absolute atomic E-state index is 5.81. The molecule has 2 aliphatic rings. The van der Waals surface area contributed by atoms with E-state index in [4.69, 9.17) is 13.7 Å². The molecule has 2 fully saturated rings. The molecule has 188 valence electrons. The van der Waals surface area contributed by atoms with E-state index in [0.717, 1.165) is 75.1 Å². The molecule has 1 aliphatic carbocycles. The molecule has 7 heteroatoms. The zero-order valence-corrected chi connectivity index (χ0v) is 21.2. The van der Waals surface area contributed by atoms with Gasteiger partial charge in [0.25, 0.3) is 0 Å². The van der Waals surface area contributed by atoms with E-state index in [0.29, 0.717) is 18.6 Å². The van der Waals surface area contributed by atoms with Crippen molar-refractivity contribution in [3.63, 3.8) is 0 Å². The highest BCUT2D eigenvalue weighted by Gasteiger charge is 2.47. The molecule has 0 spiro atoms. The van der Waals surface area contributed by atoms with Crippen LogP contribution in [0.25, 0.3) is 0 Å². The maximum atomic E-state index is 5.81. The van der Waals surface area contributed by atoms with Crippen LogP contribution in [0.2, 0.25) is 0 Å². The van der Waals surface area contributed by atoms with E-state index < -0.39 is 0 Å². The first-order chi connectivity index (χ1) is 17.0. The first-order valence-corrected chi connectivity index (χ1v) is 12.8. The van der Waals surface area contributed by atoms with Gasteiger partial charge in [-0.2, -0.15) is 0 Å². The summed E-state index contributed by atoms with van der Waals surface area (Å²) in [7, 11) is 1.68. The van der Waals surface area contributed by atoms with Crippen LogP contribution < -0.4 is 10.2 Å². The van der Waals surface area contributed by atoms with Crippen molar-refractivity contribution in [3.8, 4) is 0 Å². The summed E-state index contributed by atoms with van der Waals surface area (Å²) < 4.78 is 16.7. The standard InChI is InChI=1S/C28H38N4O3/c1-28(2)21(16-27(28)29-18-24-9-10-25(34-24)20-33-3)15-22-17-26(35-30-22)19-31-11-13-32(14-12-31)23-7-5-4-6-8-23/h4-10,17,21,27,29H,11-16,18-20H2,1-3H3/t21-,27+/m1/s1. The van der Waals surface area contributed by atoms with Crippen molar-refractivity contribution in [1.29, 1.82) is 0 Å². The zero-order chi connectivity index (χ0) is 24.3. The molecule has 3 heterocycles. The molecular formula is C28H38N4O3. The Hall–Kier alpha value is -2.61. The summed E-state index contributed by atoms with van der Waals surface area (Å²) in [5.74, 6) is 3.40. The van der Waals surface area contributed by atoms with Gasteiger partial charge in [-0.15, -0.1) is 0 Å². The fraction of sp³-hybridized carbons (Fsp3) is 0.536. The monoisotopic (exact) mass is 478 g/mol. The van der Waals surface area contributed by atoms with Crippen LogP contribution in [0.15, 0.2) is 57.5 Å². The van der Waals surface area contributed by atoms with Crippen LogP contribution in [-0.2, 0) is 30.9 Å². The Kier molecular flexibility index (Phi) is 7.27. The van der Waals surface area contributed by atoms with Crippen LogP contribution >= 0.6 is 0 Å². The largest absolute Gasteiger partial charge is 0.462 e. The molecule has 1 N–H and O–H groups in total. The molecule has 5 rings (SSSR count). The lowest BCUT2D eigenvalue weighted by atomic mass is 9.57. The molecule has 1 aliphatic heterocycles. The minimum Gasteiger partial charge on any atom is -0.462 e. The van der Waals surface area contributed by atoms with Crippen LogP contribution in [-0.4, -0.2) is 49.4 Å². The summed E-state index contributed by atoms with van der Waals surface area (Å²) in [5, 5.41) is 8.09. The number of nitrogens with zero attached hydrogens (tertiary/aromatic N) is 3. The molecule has 0 unspecified atom stereocenters. The van der Waals surface area contributed by atoms with Crippen LogP contribution in [0.5, 0.6) is 0 Å². The Morgan fingerprint density at radius 2 is 1.80 bits per heavy atom. The van der Waals surface area contributed by atoms with Gasteiger partial charge in [-0.3, -0.25) is 4.90 Å². The van der Waals surface area contributed by atoms with Crippen molar-refractivity contribution in [2.75, 3.05) is 38.2 Å². The van der Waals surface area contributed by atoms with Gasteiger partial charge in [0.1, 0.15) is 18.1 Å². The van der Waals surface area contributed by atoms with Crippen molar-refractivity contribution in [1.82, 2.24) is 15.4 Å². The molecule has 3 aromatic rings. The number of para-hydroxylation sites is 1. The molecule has 35 heavy (non-hydrogen) atoms. The Balaban J connectivity index is 1.06. The zero-order valence-electron chi connectivity index (χ0n) is 21.2. The van der Waals surface area contributed by atoms with Gasteiger partial charge >= 0.3 is 0 Å². The lowest BCUT2D eigenvalue weighted by Crippen LogP contribution is -2.57. The summed E-state index contributed by atoms with van der Waals surface area (Å²) in [6, 6.07) is 17.3. The third-order valence-electron chi connectivity index (χ3n) is 7.93. The van der Waals surface area contributed by atoms with Gasteiger partial charge in [0, 0.05) is 51.1 Å². The molecule has 7 nitrogen and oxygen atoms in total. The van der Waals surface area contributed by atoms with E-state index >= 15 is 0 Å². The highest BCUT2D eigenvalue weighted by Crippen LogP contribution is 2.47. The van der Waals surface area contributed by atoms with Gasteiger partial charge in [-0.25, -0.2) is 0 Å². The van der Waals surface area contributed by atoms with Gasteiger partial charge in [-0.1, -0.05) is 37.2 Å². The average Bonchev–Trinajstić information content (AvgIpc) is 3.51. The summed E-state index contributed by atoms with van der Waals surface area (Å²) in [4.78, 5) is 4.92. The lowest BCUT2D eigenvalue weighted by Gasteiger charge is -2.52. The minimum absolute atomic E-state index is 0.203. The Morgan fingerprint density at radius 1 is 1.03 bits per heavy atom. The smallest absolute Gasteiger partial charge is 0.150 e. The number of aromatic nitrogens is 1. The van der Waals surface area contributed by atoms with Crippen LogP contribution in [0.1, 0.15) is 43.2 Å². The lowest BCUT2D eigenvalue weighted by molar-refractivity contribution is 0.0114. The van der Waals surface area contributed by atoms with Gasteiger partial charge < -0.3 is 23.9 Å². The molecule has 1 saturated carbocycles. The van der Waals surface area contributed by atoms with E-state index in [-0.39, 0.29) is 5.41 Å². The number of furan rings is 1. The van der Waals surface area contributed by atoms with E-state index in [1.807, 2.05) is 12.1 Å². The summed E-state index contributed by atoms with van der Waals surface area (Å²) in [6.45, 7) is 11.0. The van der Waals surface area contributed by atoms with Crippen molar-refractivity contribution in [2.45, 2.75) is 52.4 Å². The number of hydrogen-bond donors (Lipinski definition) is 1. The Labute approximate surface area is 208 Å². The van der Waals surface area contributed by atoms with Crippen molar-refractivity contribution >= 4 is 5.69 Å². The van der Waals surface area contributed by atoms with Gasteiger partial charge in [0.2, 0.25) is 0 Å². The molecule has 0 radical (unpaired) electrons. The summed E-state index contributed by atoms with van der Waals surface area (Å²) in [6.07, 6.45) is 2.11. The van der Waals surface area contributed by atoms with Crippen LogP contribution in [0, 0.1) is 11.3 Å². The summed E-state index contributed by atoms with van der Waals surface area (Å²) in [5.41, 5.74) is 2.59. The highest BCUT2D eigenvalue weighted by atomic mass is 16.5. The number of ether oxygens (including phenoxy) is 1. The van der Waals surface area contributed by atoms with Gasteiger partial charge in [0.05, 0.1) is 18.8 Å². The normalized spacial score (nSPS) is 22.3. The molecule has 2 aromatic heterocycles. The Bertz CT molecular complexity index is 1070. The molecule has 1 saturated heterocycles. The summed E-state index contributed by atoms with van der Waals surface area (Å²) >= 11 is 0. The molecule has 0 bridgehead atoms.